The van der Waals surface area contributed by atoms with Crippen molar-refractivity contribution in [1.82, 2.24) is 24.3 Å². The van der Waals surface area contributed by atoms with Crippen LogP contribution in [0.1, 0.15) is 81.9 Å². The number of hydrogen-bond donors (Lipinski definition) is 3. The third-order valence-corrected chi connectivity index (χ3v) is 10.2. The summed E-state index contributed by atoms with van der Waals surface area (Å²) >= 11 is 0. The van der Waals surface area contributed by atoms with Crippen LogP contribution in [0.4, 0.5) is 18.9 Å². The quantitative estimate of drug-likeness (QED) is 0.103. The molecule has 0 amide bonds. The second-order valence-electron chi connectivity index (χ2n) is 14.9. The van der Waals surface area contributed by atoms with Gasteiger partial charge in [-0.25, -0.2) is 28.8 Å². The van der Waals surface area contributed by atoms with E-state index in [-0.39, 0.29) is 120 Å². The van der Waals surface area contributed by atoms with Crippen molar-refractivity contribution in [3.63, 3.8) is 0 Å². The van der Waals surface area contributed by atoms with Crippen molar-refractivity contribution in [2.24, 2.45) is 5.92 Å². The van der Waals surface area contributed by atoms with Crippen LogP contribution in [0.25, 0.3) is 28.0 Å². The molecule has 4 N–H and O–H groups in total. The Labute approximate surface area is 372 Å². The van der Waals surface area contributed by atoms with Crippen molar-refractivity contribution in [2.45, 2.75) is 71.3 Å². The number of carbonyl (C=O) groups excluding carboxylic acids is 1. The number of phenols is 1. The Morgan fingerprint density at radius 3 is 2.28 bits per heavy atom. The molecule has 15 heteroatoms. The molecule has 0 aliphatic heterocycles. The average molecular weight is 799 g/mol. The van der Waals surface area contributed by atoms with Gasteiger partial charge in [0, 0.05) is 35.2 Å². The van der Waals surface area contributed by atoms with Crippen LogP contribution in [-0.2, 0) is 16.8 Å². The third-order valence-electron chi connectivity index (χ3n) is 10.2. The van der Waals surface area contributed by atoms with Crippen molar-refractivity contribution in [2.75, 3.05) is 5.73 Å². The molecular weight excluding hydrogens is 757 g/mol. The molecule has 57 heavy (non-hydrogen) atoms. The minimum Gasteiger partial charge on any atom is -0.553 e. The predicted octanol–water partition coefficient (Wildman–Crippen LogP) is 4.72. The Bertz CT molecular complexity index is 2530. The molecule has 3 aromatic heterocycles. The summed E-state index contributed by atoms with van der Waals surface area (Å²) in [5.74, 6) is -2.20. The van der Waals surface area contributed by atoms with Crippen molar-refractivity contribution >= 4 is 36.0 Å². The SMILES string of the molecule is CC(=O)C(C)(C)n1ccc(C2CC2)n1.[B-]C(=N)c1c(O)ccc(-n2c(C(Cc3cc(F)cc(F)c3)C(C)C)nc3nc(-c4ccccc4F)ccc3c2=O)c1N.[K+]. The first-order valence-electron chi connectivity index (χ1n) is 18.1. The molecule has 1 aliphatic rings. The van der Waals surface area contributed by atoms with Gasteiger partial charge in [-0.1, -0.05) is 26.0 Å². The zero-order valence-corrected chi connectivity index (χ0v) is 35.8. The topological polar surface area (TPSA) is 153 Å². The summed E-state index contributed by atoms with van der Waals surface area (Å²) in [6.07, 6.45) is 4.50. The van der Waals surface area contributed by atoms with E-state index in [1.54, 1.807) is 29.8 Å². The van der Waals surface area contributed by atoms with Gasteiger partial charge in [0.15, 0.2) is 11.4 Å². The second-order valence-corrected chi connectivity index (χ2v) is 14.9. The Hall–Kier alpha value is -4.41. The second kappa shape index (κ2) is 17.6. The maximum absolute atomic E-state index is 14.6. The van der Waals surface area contributed by atoms with Gasteiger partial charge < -0.3 is 24.1 Å². The van der Waals surface area contributed by atoms with E-state index in [4.69, 9.17) is 24.0 Å². The number of aromatic nitrogens is 5. The van der Waals surface area contributed by atoms with Crippen molar-refractivity contribution < 1.29 is 74.5 Å². The number of aromatic hydroxyl groups is 1. The van der Waals surface area contributed by atoms with E-state index in [1.807, 2.05) is 40.0 Å². The minimum atomic E-state index is -0.749. The summed E-state index contributed by atoms with van der Waals surface area (Å²) in [7, 11) is 5.68. The van der Waals surface area contributed by atoms with Gasteiger partial charge in [-0.05, 0) is 106 Å². The van der Waals surface area contributed by atoms with Crippen LogP contribution in [0, 0.1) is 28.8 Å². The Kier molecular flexibility index (Phi) is 13.5. The normalized spacial score (nSPS) is 13.2. The Morgan fingerprint density at radius 1 is 1.02 bits per heavy atom. The molecule has 3 heterocycles. The molecule has 1 fully saturated rings. The number of anilines is 1. The number of halogens is 3. The molecule has 10 nitrogen and oxygen atoms in total. The molecule has 287 valence electrons. The molecule has 3 radical (unpaired) electrons. The van der Waals surface area contributed by atoms with Gasteiger partial charge in [-0.15, -0.1) is 0 Å². The number of ketones is 1. The number of rotatable bonds is 10. The molecule has 1 aliphatic carbocycles. The number of nitrogens with zero attached hydrogens (tertiary/aromatic N) is 5. The Balaban J connectivity index is 0.000000347. The van der Waals surface area contributed by atoms with Crippen molar-refractivity contribution in [3.05, 3.63) is 129 Å². The number of carbonyl (C=O) groups is 1. The third kappa shape index (κ3) is 9.33. The molecule has 7 rings (SSSR count). The molecule has 1 saturated carbocycles. The number of phenolic OH excluding ortho intramolecular Hbond substituents is 1. The molecule has 0 bridgehead atoms. The molecule has 1 unspecified atom stereocenters. The number of nitrogens with two attached hydrogens (primary N) is 1. The molecule has 0 saturated heterocycles. The average Bonchev–Trinajstić information content (AvgIpc) is 3.85. The predicted molar refractivity (Wildman–Crippen MR) is 211 cm³/mol. The van der Waals surface area contributed by atoms with Gasteiger partial charge in [-0.2, -0.15) is 5.10 Å². The van der Waals surface area contributed by atoms with E-state index in [1.165, 1.54) is 59.9 Å². The number of hydrogen-bond acceptors (Lipinski definition) is 8. The number of pyridine rings is 1. The van der Waals surface area contributed by atoms with Crippen molar-refractivity contribution in [3.8, 4) is 22.7 Å². The van der Waals surface area contributed by atoms with Gasteiger partial charge in [0.05, 0.1) is 28.1 Å². The van der Waals surface area contributed by atoms with E-state index in [2.05, 4.69) is 10.1 Å². The molecule has 1 atom stereocenters. The summed E-state index contributed by atoms with van der Waals surface area (Å²) in [4.78, 5) is 34.8. The number of fused-ring (bicyclic) bond motifs is 1. The summed E-state index contributed by atoms with van der Waals surface area (Å²) in [5.41, 5.74) is 6.55. The van der Waals surface area contributed by atoms with Crippen LogP contribution in [0.15, 0.2) is 83.8 Å². The van der Waals surface area contributed by atoms with Gasteiger partial charge >= 0.3 is 51.4 Å². The fourth-order valence-corrected chi connectivity index (χ4v) is 6.47. The van der Waals surface area contributed by atoms with E-state index in [9.17, 15) is 27.9 Å². The number of nitrogen functional groups attached to an aromatic ring is 1. The standard InChI is InChI=1S/C31H25BF3N5O2.C11H16N2O.K/c1-15(2)21(13-16-11-17(33)14-18(34)12-16)30-39-29-20(7-8-23(38-29)19-5-3-4-6-22(19)35)31(42)40(30)24-9-10-25(41)26(27(24)36)28(32)37;1-8(14)11(2,3)13-7-6-10(12-13)9-4-5-9;/h3-12,14-15,21,37,41H,13,36H2,1-2H3;6-7,9H,4-5H2,1-3H3;/q-1;;+1. The van der Waals surface area contributed by atoms with Gasteiger partial charge in [0.1, 0.15) is 34.6 Å². The van der Waals surface area contributed by atoms with Crippen LogP contribution in [0.3, 0.4) is 0 Å². The summed E-state index contributed by atoms with van der Waals surface area (Å²) < 4.78 is 45.9. The summed E-state index contributed by atoms with van der Waals surface area (Å²) in [6.45, 7) is 9.15. The minimum absolute atomic E-state index is 0. The van der Waals surface area contributed by atoms with E-state index in [0.717, 1.165) is 11.8 Å². The summed E-state index contributed by atoms with van der Waals surface area (Å²) in [5, 5.41) is 22.8. The van der Waals surface area contributed by atoms with Gasteiger partial charge in [0.25, 0.3) is 5.56 Å². The number of Topliss-reactive ketones (excluding diaryl/α,β-unsaturated/α-hetero) is 1. The zero-order valence-electron chi connectivity index (χ0n) is 32.6. The van der Waals surface area contributed by atoms with Crippen LogP contribution in [-0.4, -0.2) is 48.7 Å². The fraction of sp³-hybridized carbons (Fsp3) is 0.286. The molecular formula is C42H41BF3KN7O3. The first-order chi connectivity index (χ1) is 26.5. The summed E-state index contributed by atoms with van der Waals surface area (Å²) in [6, 6.07) is 16.9. The smallest absolute Gasteiger partial charge is 0.553 e. The first-order valence-corrected chi connectivity index (χ1v) is 18.1. The maximum Gasteiger partial charge on any atom is 1.00 e. The van der Waals surface area contributed by atoms with Crippen LogP contribution in [0.5, 0.6) is 5.75 Å². The van der Waals surface area contributed by atoms with Crippen molar-refractivity contribution in [1.29, 1.82) is 5.41 Å². The number of nitrogens with one attached hydrogen (secondary N) is 1. The van der Waals surface area contributed by atoms with E-state index < -0.39 is 40.1 Å². The molecule has 0 spiro atoms. The van der Waals surface area contributed by atoms with Gasteiger partial charge in [0.2, 0.25) is 0 Å². The zero-order chi connectivity index (χ0) is 40.6. The molecule has 6 aromatic rings. The maximum atomic E-state index is 14.6. The first kappa shape index (κ1) is 43.7. The van der Waals surface area contributed by atoms with Gasteiger partial charge in [-0.3, -0.25) is 18.8 Å². The Morgan fingerprint density at radius 2 is 1.68 bits per heavy atom. The van der Waals surface area contributed by atoms with E-state index >= 15 is 0 Å². The largest absolute Gasteiger partial charge is 1.00 e. The van der Waals surface area contributed by atoms with Crippen LogP contribution in [0.2, 0.25) is 0 Å². The number of benzene rings is 3. The monoisotopic (exact) mass is 798 g/mol. The molecule has 3 aromatic carbocycles. The fourth-order valence-electron chi connectivity index (χ4n) is 6.47. The van der Waals surface area contributed by atoms with E-state index in [0.29, 0.717) is 11.5 Å². The van der Waals surface area contributed by atoms with Crippen LogP contribution >= 0.6 is 0 Å². The van der Waals surface area contributed by atoms with Crippen LogP contribution < -0.4 is 62.7 Å².